The first-order chi connectivity index (χ1) is 11.1. The molecule has 5 rings (SSSR count). The fourth-order valence-electron chi connectivity index (χ4n) is 7.39. The molecule has 2 spiro atoms. The molecule has 0 aromatic heterocycles. The molecule has 23 heavy (non-hydrogen) atoms. The van der Waals surface area contributed by atoms with Gasteiger partial charge in [-0.05, 0) is 82.8 Å². The molecule has 5 nitrogen and oxygen atoms in total. The van der Waals surface area contributed by atoms with Crippen molar-refractivity contribution in [1.82, 2.24) is 15.3 Å². The summed E-state index contributed by atoms with van der Waals surface area (Å²) in [6.07, 6.45) is 8.50. The minimum absolute atomic E-state index is 0.205. The molecule has 1 amide bonds. The third kappa shape index (κ3) is 1.63. The van der Waals surface area contributed by atoms with E-state index in [1.807, 2.05) is 0 Å². The Morgan fingerprint density at radius 1 is 1.26 bits per heavy atom. The Bertz CT molecular complexity index is 540. The van der Waals surface area contributed by atoms with Crippen LogP contribution in [0.25, 0.3) is 0 Å². The zero-order chi connectivity index (χ0) is 15.8. The van der Waals surface area contributed by atoms with Gasteiger partial charge in [-0.15, -0.1) is 5.06 Å². The zero-order valence-electron chi connectivity index (χ0n) is 14.4. The second-order valence-electron chi connectivity index (χ2n) is 8.93. The van der Waals surface area contributed by atoms with E-state index in [1.54, 1.807) is 0 Å². The van der Waals surface area contributed by atoms with Crippen molar-refractivity contribution in [3.05, 3.63) is 0 Å². The number of carbonyl (C=O) groups is 1. The lowest BCUT2D eigenvalue weighted by Gasteiger charge is -2.56. The summed E-state index contributed by atoms with van der Waals surface area (Å²) in [5.41, 5.74) is 0.0461. The third-order valence-electron chi connectivity index (χ3n) is 7.83. The van der Waals surface area contributed by atoms with Gasteiger partial charge in [0.05, 0.1) is 6.04 Å². The highest BCUT2D eigenvalue weighted by Crippen LogP contribution is 2.72. The van der Waals surface area contributed by atoms with Crippen molar-refractivity contribution < 1.29 is 9.63 Å². The molecule has 5 aliphatic rings. The van der Waals surface area contributed by atoms with Crippen LogP contribution in [-0.4, -0.2) is 47.9 Å². The minimum atomic E-state index is -0.209. The van der Waals surface area contributed by atoms with Gasteiger partial charge < -0.3 is 9.74 Å². The Morgan fingerprint density at radius 2 is 2.09 bits per heavy atom. The highest BCUT2D eigenvalue weighted by atomic mass is 16.7. The number of carbonyl (C=O) groups excluding carboxylic acids is 1. The normalized spacial score (nSPS) is 52.9. The molecule has 6 atom stereocenters. The molecule has 2 aliphatic carbocycles. The van der Waals surface area contributed by atoms with Crippen LogP contribution in [0.4, 0.5) is 4.79 Å². The van der Waals surface area contributed by atoms with E-state index in [0.29, 0.717) is 17.9 Å². The fourth-order valence-corrected chi connectivity index (χ4v) is 7.39. The van der Waals surface area contributed by atoms with Gasteiger partial charge in [0.1, 0.15) is 5.66 Å². The van der Waals surface area contributed by atoms with Crippen molar-refractivity contribution in [3.63, 3.8) is 0 Å². The minimum Gasteiger partial charge on any atom is -0.348 e. The first-order valence-corrected chi connectivity index (χ1v) is 9.55. The van der Waals surface area contributed by atoms with Crippen LogP contribution in [0.1, 0.15) is 51.9 Å². The van der Waals surface area contributed by atoms with Gasteiger partial charge in [0, 0.05) is 5.41 Å². The van der Waals surface area contributed by atoms with Crippen LogP contribution < -0.4 is 5.32 Å². The van der Waals surface area contributed by atoms with Crippen LogP contribution in [0.15, 0.2) is 0 Å². The number of hydrogen-bond donors (Lipinski definition) is 1. The third-order valence-corrected chi connectivity index (χ3v) is 7.83. The van der Waals surface area contributed by atoms with Crippen molar-refractivity contribution in [2.24, 2.45) is 23.2 Å². The summed E-state index contributed by atoms with van der Waals surface area (Å²) >= 11 is 0. The summed E-state index contributed by atoms with van der Waals surface area (Å²) < 4.78 is 0. The van der Waals surface area contributed by atoms with E-state index < -0.39 is 0 Å². The molecule has 2 saturated carbocycles. The lowest BCUT2D eigenvalue weighted by Crippen LogP contribution is -2.67. The number of nitrogens with one attached hydrogen (secondary N) is 1. The molecular formula is C18H29N3O2. The maximum atomic E-state index is 12.1. The van der Waals surface area contributed by atoms with Crippen molar-refractivity contribution >= 4 is 6.09 Å². The van der Waals surface area contributed by atoms with Crippen LogP contribution in [0.3, 0.4) is 0 Å². The second kappa shape index (κ2) is 4.63. The SMILES string of the molecule is C[C@@H]1C[C@H]2C[C@@H]3[C@H]4CCCN(C)CCC[C@]24[C@@]2(C1)NC(=O)ON32. The molecule has 5 heteroatoms. The summed E-state index contributed by atoms with van der Waals surface area (Å²) in [6, 6.07) is 0.454. The molecule has 128 valence electrons. The van der Waals surface area contributed by atoms with E-state index in [4.69, 9.17) is 4.84 Å². The number of rotatable bonds is 0. The lowest BCUT2D eigenvalue weighted by atomic mass is 9.54. The fraction of sp³-hybridized carbons (Fsp3) is 0.944. The number of piperidine rings is 1. The topological polar surface area (TPSA) is 44.8 Å². The zero-order valence-corrected chi connectivity index (χ0v) is 14.4. The van der Waals surface area contributed by atoms with Crippen LogP contribution in [0.5, 0.6) is 0 Å². The van der Waals surface area contributed by atoms with Crippen molar-refractivity contribution in [2.75, 3.05) is 20.1 Å². The summed E-state index contributed by atoms with van der Waals surface area (Å²) in [7, 11) is 2.25. The molecule has 5 fully saturated rings. The summed E-state index contributed by atoms with van der Waals surface area (Å²) in [6.45, 7) is 4.75. The highest BCUT2D eigenvalue weighted by molar-refractivity contribution is 5.71. The van der Waals surface area contributed by atoms with Gasteiger partial charge in [0.15, 0.2) is 0 Å². The van der Waals surface area contributed by atoms with Crippen molar-refractivity contribution in [1.29, 1.82) is 0 Å². The Balaban J connectivity index is 1.61. The van der Waals surface area contributed by atoms with Gasteiger partial charge in [-0.3, -0.25) is 5.32 Å². The Labute approximate surface area is 138 Å². The Morgan fingerprint density at radius 3 is 2.96 bits per heavy atom. The molecule has 0 unspecified atom stereocenters. The lowest BCUT2D eigenvalue weighted by molar-refractivity contribution is -0.211. The maximum Gasteiger partial charge on any atom is 0.427 e. The van der Waals surface area contributed by atoms with Crippen molar-refractivity contribution in [3.8, 4) is 0 Å². The molecule has 0 aromatic carbocycles. The van der Waals surface area contributed by atoms with Gasteiger partial charge in [-0.1, -0.05) is 6.92 Å². The first-order valence-electron chi connectivity index (χ1n) is 9.55. The molecule has 0 radical (unpaired) electrons. The van der Waals surface area contributed by atoms with Gasteiger partial charge in [0.25, 0.3) is 0 Å². The quantitative estimate of drug-likeness (QED) is 0.745. The van der Waals surface area contributed by atoms with Crippen LogP contribution in [0.2, 0.25) is 0 Å². The van der Waals surface area contributed by atoms with Gasteiger partial charge in [-0.25, -0.2) is 4.79 Å². The first kappa shape index (κ1) is 14.5. The summed E-state index contributed by atoms with van der Waals surface area (Å²) in [5.74, 6) is 2.14. The van der Waals surface area contributed by atoms with E-state index in [0.717, 1.165) is 12.3 Å². The molecule has 2 bridgehead atoms. The van der Waals surface area contributed by atoms with E-state index in [1.165, 1.54) is 51.6 Å². The number of hydrogen-bond acceptors (Lipinski definition) is 4. The summed E-state index contributed by atoms with van der Waals surface area (Å²) in [4.78, 5) is 20.4. The molecule has 3 heterocycles. The monoisotopic (exact) mass is 319 g/mol. The smallest absolute Gasteiger partial charge is 0.348 e. The Hall–Kier alpha value is -0.810. The molecule has 3 aliphatic heterocycles. The van der Waals surface area contributed by atoms with Crippen LogP contribution in [-0.2, 0) is 4.84 Å². The van der Waals surface area contributed by atoms with E-state index in [2.05, 4.69) is 29.3 Å². The number of amides is 1. The predicted octanol–water partition coefficient (Wildman–Crippen LogP) is 2.58. The van der Waals surface area contributed by atoms with E-state index in [-0.39, 0.29) is 17.2 Å². The second-order valence-corrected chi connectivity index (χ2v) is 8.93. The van der Waals surface area contributed by atoms with Gasteiger partial charge in [0.2, 0.25) is 0 Å². The van der Waals surface area contributed by atoms with Gasteiger partial charge >= 0.3 is 6.09 Å². The maximum absolute atomic E-state index is 12.1. The molecule has 3 saturated heterocycles. The average Bonchev–Trinajstić information content (AvgIpc) is 3.03. The van der Waals surface area contributed by atoms with Crippen LogP contribution in [0, 0.1) is 23.2 Å². The van der Waals surface area contributed by atoms with Gasteiger partial charge in [-0.2, -0.15) is 0 Å². The van der Waals surface area contributed by atoms with E-state index in [9.17, 15) is 4.79 Å². The number of fused-ring (bicyclic) bond motifs is 1. The van der Waals surface area contributed by atoms with E-state index >= 15 is 0 Å². The molecular weight excluding hydrogens is 290 g/mol. The Kier molecular flexibility index (Phi) is 2.92. The highest BCUT2D eigenvalue weighted by Gasteiger charge is 2.79. The molecule has 0 aromatic rings. The average molecular weight is 319 g/mol. The largest absolute Gasteiger partial charge is 0.427 e. The van der Waals surface area contributed by atoms with Crippen LogP contribution >= 0.6 is 0 Å². The number of nitrogens with zero attached hydrogens (tertiary/aromatic N) is 2. The summed E-state index contributed by atoms with van der Waals surface area (Å²) in [5, 5.41) is 5.49. The molecule has 1 N–H and O–H groups in total. The standard InChI is InChI=1S/C18H29N3O2/c1-12-9-13-10-15-14-5-3-7-20(2)8-4-6-17(13,14)18(11-12)19-16(22)23-21(15)18/h12-15H,3-11H2,1-2H3,(H,19,22)/t12-,13+,14-,15-,17+,18+/m1/s1. The number of hydroxylamine groups is 2. The van der Waals surface area contributed by atoms with Crippen molar-refractivity contribution in [2.45, 2.75) is 63.6 Å². The predicted molar refractivity (Wildman–Crippen MR) is 86.4 cm³/mol.